The zero-order valence-electron chi connectivity index (χ0n) is 10.1. The van der Waals surface area contributed by atoms with Crippen LogP contribution in [-0.2, 0) is 0 Å². The van der Waals surface area contributed by atoms with Gasteiger partial charge in [0.2, 0.25) is 5.82 Å². The van der Waals surface area contributed by atoms with E-state index >= 15 is 0 Å². The lowest BCUT2D eigenvalue weighted by Gasteiger charge is -2.08. The van der Waals surface area contributed by atoms with Gasteiger partial charge in [-0.3, -0.25) is 10.1 Å². The van der Waals surface area contributed by atoms with Crippen molar-refractivity contribution in [2.24, 2.45) is 0 Å². The number of halogens is 2. The van der Waals surface area contributed by atoms with Gasteiger partial charge in [0.25, 0.3) is 0 Å². The van der Waals surface area contributed by atoms with E-state index in [1.807, 2.05) is 0 Å². The molecule has 0 fully saturated rings. The number of anilines is 1. The van der Waals surface area contributed by atoms with E-state index in [1.165, 1.54) is 25.2 Å². The van der Waals surface area contributed by atoms with Crippen molar-refractivity contribution in [2.75, 3.05) is 12.4 Å². The van der Waals surface area contributed by atoms with Gasteiger partial charge in [0, 0.05) is 11.5 Å². The molecule has 0 amide bonds. The standard InChI is InChI=1S/C11H8BrFN4O3/c1-14-10-9(17(18)19)11(16-5-15-10)20-8-4-6(12)2-3-7(8)13/h2-5H,1H3,(H,14,15,16). The molecule has 9 heteroatoms. The molecule has 0 unspecified atom stereocenters. The van der Waals surface area contributed by atoms with Crippen LogP contribution in [-0.4, -0.2) is 21.9 Å². The van der Waals surface area contributed by atoms with Crippen molar-refractivity contribution in [3.63, 3.8) is 0 Å². The third kappa shape index (κ3) is 2.82. The summed E-state index contributed by atoms with van der Waals surface area (Å²) < 4.78 is 19.4. The van der Waals surface area contributed by atoms with E-state index in [-0.39, 0.29) is 17.4 Å². The highest BCUT2D eigenvalue weighted by Crippen LogP contribution is 2.35. The van der Waals surface area contributed by atoms with Crippen molar-refractivity contribution in [2.45, 2.75) is 0 Å². The first-order valence-corrected chi connectivity index (χ1v) is 6.12. The summed E-state index contributed by atoms with van der Waals surface area (Å²) in [6.45, 7) is 0. The van der Waals surface area contributed by atoms with Crippen LogP contribution in [0.5, 0.6) is 11.6 Å². The molecule has 0 atom stereocenters. The Balaban J connectivity index is 2.48. The van der Waals surface area contributed by atoms with Gasteiger partial charge in [-0.1, -0.05) is 15.9 Å². The van der Waals surface area contributed by atoms with E-state index in [2.05, 4.69) is 31.2 Å². The van der Waals surface area contributed by atoms with Gasteiger partial charge in [0.05, 0.1) is 4.92 Å². The normalized spacial score (nSPS) is 10.2. The maximum absolute atomic E-state index is 13.6. The molecule has 0 spiro atoms. The van der Waals surface area contributed by atoms with Crippen LogP contribution in [0.3, 0.4) is 0 Å². The summed E-state index contributed by atoms with van der Waals surface area (Å²) in [4.78, 5) is 17.7. The second kappa shape index (κ2) is 5.78. The van der Waals surface area contributed by atoms with E-state index in [0.29, 0.717) is 4.47 Å². The van der Waals surface area contributed by atoms with Crippen molar-refractivity contribution in [3.8, 4) is 11.6 Å². The third-order valence-electron chi connectivity index (χ3n) is 2.31. The summed E-state index contributed by atoms with van der Waals surface area (Å²) in [7, 11) is 1.47. The number of hydrogen-bond donors (Lipinski definition) is 1. The maximum atomic E-state index is 13.6. The molecule has 2 aromatic rings. The fourth-order valence-electron chi connectivity index (χ4n) is 1.44. The van der Waals surface area contributed by atoms with Crippen LogP contribution in [0.4, 0.5) is 15.9 Å². The fraction of sp³-hybridized carbons (Fsp3) is 0.0909. The first kappa shape index (κ1) is 14.1. The van der Waals surface area contributed by atoms with Crippen LogP contribution in [0.2, 0.25) is 0 Å². The quantitative estimate of drug-likeness (QED) is 0.678. The molecule has 0 radical (unpaired) electrons. The molecule has 0 bridgehead atoms. The molecule has 0 aliphatic rings. The number of ether oxygens (including phenoxy) is 1. The van der Waals surface area contributed by atoms with Crippen molar-refractivity contribution < 1.29 is 14.1 Å². The van der Waals surface area contributed by atoms with Crippen LogP contribution >= 0.6 is 15.9 Å². The Hall–Kier alpha value is -2.29. The summed E-state index contributed by atoms with van der Waals surface area (Å²) in [5.41, 5.74) is -0.464. The number of rotatable bonds is 4. The lowest BCUT2D eigenvalue weighted by atomic mass is 10.3. The maximum Gasteiger partial charge on any atom is 0.373 e. The highest BCUT2D eigenvalue weighted by Gasteiger charge is 2.25. The molecule has 104 valence electrons. The summed E-state index contributed by atoms with van der Waals surface area (Å²) in [5.74, 6) is -1.20. The minimum Gasteiger partial charge on any atom is -0.430 e. The predicted octanol–water partition coefficient (Wildman–Crippen LogP) is 3.12. The molecule has 2 rings (SSSR count). The minimum absolute atomic E-state index is 0.0181. The second-order valence-corrected chi connectivity index (χ2v) is 4.48. The Bertz CT molecular complexity index is 668. The lowest BCUT2D eigenvalue weighted by Crippen LogP contribution is -2.03. The van der Waals surface area contributed by atoms with Crippen LogP contribution in [0.1, 0.15) is 0 Å². The van der Waals surface area contributed by atoms with E-state index < -0.39 is 16.4 Å². The van der Waals surface area contributed by atoms with E-state index in [1.54, 1.807) is 0 Å². The summed E-state index contributed by atoms with van der Waals surface area (Å²) in [6.07, 6.45) is 1.09. The van der Waals surface area contributed by atoms with Gasteiger partial charge in [-0.15, -0.1) is 0 Å². The molecule has 20 heavy (non-hydrogen) atoms. The highest BCUT2D eigenvalue weighted by atomic mass is 79.9. The average molecular weight is 343 g/mol. The second-order valence-electron chi connectivity index (χ2n) is 3.56. The molecule has 7 nitrogen and oxygen atoms in total. The third-order valence-corrected chi connectivity index (χ3v) is 2.80. The van der Waals surface area contributed by atoms with Gasteiger partial charge < -0.3 is 10.1 Å². The Morgan fingerprint density at radius 3 is 2.85 bits per heavy atom. The van der Waals surface area contributed by atoms with Gasteiger partial charge >= 0.3 is 11.6 Å². The predicted molar refractivity (Wildman–Crippen MR) is 72.4 cm³/mol. The zero-order valence-corrected chi connectivity index (χ0v) is 11.7. The Kier molecular flexibility index (Phi) is 4.08. The number of nitrogens with one attached hydrogen (secondary N) is 1. The van der Waals surface area contributed by atoms with Crippen LogP contribution < -0.4 is 10.1 Å². The molecular weight excluding hydrogens is 335 g/mol. The van der Waals surface area contributed by atoms with Crippen LogP contribution in [0.15, 0.2) is 29.0 Å². The van der Waals surface area contributed by atoms with Gasteiger partial charge in [-0.2, -0.15) is 4.98 Å². The van der Waals surface area contributed by atoms with Gasteiger partial charge in [0.1, 0.15) is 6.33 Å². The number of hydrogen-bond acceptors (Lipinski definition) is 6. The highest BCUT2D eigenvalue weighted by molar-refractivity contribution is 9.10. The van der Waals surface area contributed by atoms with Crippen molar-refractivity contribution in [1.82, 2.24) is 9.97 Å². The first-order chi connectivity index (χ1) is 9.52. The molecule has 1 aromatic carbocycles. The van der Waals surface area contributed by atoms with Crippen molar-refractivity contribution in [1.29, 1.82) is 0 Å². The SMILES string of the molecule is CNc1ncnc(Oc2cc(Br)ccc2F)c1[N+](=O)[O-]. The lowest BCUT2D eigenvalue weighted by molar-refractivity contribution is -0.385. The van der Waals surface area contributed by atoms with Crippen LogP contribution in [0, 0.1) is 15.9 Å². The Morgan fingerprint density at radius 2 is 2.20 bits per heavy atom. The molecular formula is C11H8BrFN4O3. The van der Waals surface area contributed by atoms with Gasteiger partial charge in [-0.25, -0.2) is 9.37 Å². The van der Waals surface area contributed by atoms with Crippen molar-refractivity contribution in [3.05, 3.63) is 44.9 Å². The molecule has 0 saturated carbocycles. The number of aromatic nitrogens is 2. The summed E-state index contributed by atoms with van der Waals surface area (Å²) in [6, 6.07) is 4.00. The number of nitro groups is 1. The monoisotopic (exact) mass is 342 g/mol. The van der Waals surface area contributed by atoms with Gasteiger partial charge in [0.15, 0.2) is 11.6 Å². The minimum atomic E-state index is -0.697. The molecule has 0 aliphatic heterocycles. The van der Waals surface area contributed by atoms with Gasteiger partial charge in [-0.05, 0) is 18.2 Å². The topological polar surface area (TPSA) is 90.2 Å². The summed E-state index contributed by atoms with van der Waals surface area (Å²) in [5, 5.41) is 13.6. The molecule has 1 aromatic heterocycles. The van der Waals surface area contributed by atoms with Crippen LogP contribution in [0.25, 0.3) is 0 Å². The Labute approximate surface area is 121 Å². The molecule has 0 aliphatic carbocycles. The summed E-state index contributed by atoms with van der Waals surface area (Å²) >= 11 is 3.16. The Morgan fingerprint density at radius 1 is 1.45 bits per heavy atom. The van der Waals surface area contributed by atoms with Crippen molar-refractivity contribution >= 4 is 27.4 Å². The zero-order chi connectivity index (χ0) is 14.7. The molecule has 0 saturated heterocycles. The average Bonchev–Trinajstić information content (AvgIpc) is 2.42. The number of benzene rings is 1. The number of nitrogens with zero attached hydrogens (tertiary/aromatic N) is 3. The van der Waals surface area contributed by atoms with E-state index in [0.717, 1.165) is 6.33 Å². The van der Waals surface area contributed by atoms with E-state index in [9.17, 15) is 14.5 Å². The smallest absolute Gasteiger partial charge is 0.373 e. The molecule has 1 N–H and O–H groups in total. The van der Waals surface area contributed by atoms with E-state index in [4.69, 9.17) is 4.74 Å². The fourth-order valence-corrected chi connectivity index (χ4v) is 1.78. The first-order valence-electron chi connectivity index (χ1n) is 5.33. The molecule has 1 heterocycles. The largest absolute Gasteiger partial charge is 0.430 e.